The largest absolute Gasteiger partial charge is 0.497 e. The zero-order chi connectivity index (χ0) is 18.2. The highest BCUT2D eigenvalue weighted by Gasteiger charge is 2.30. The van der Waals surface area contributed by atoms with Gasteiger partial charge in [0.2, 0.25) is 5.91 Å². The van der Waals surface area contributed by atoms with Gasteiger partial charge in [-0.25, -0.2) is 5.43 Å². The second kappa shape index (κ2) is 9.18. The molecule has 0 aliphatic heterocycles. The Labute approximate surface area is 155 Å². The molecule has 2 aromatic rings. The summed E-state index contributed by atoms with van der Waals surface area (Å²) in [6.45, 7) is 0. The third-order valence-electron chi connectivity index (χ3n) is 5.07. The fraction of sp³-hybridized carbons (Fsp3) is 0.364. The molecule has 0 saturated heterocycles. The smallest absolute Gasteiger partial charge is 0.247 e. The number of hydrogen-bond donors (Lipinski definition) is 1. The van der Waals surface area contributed by atoms with E-state index < -0.39 is 0 Å². The summed E-state index contributed by atoms with van der Waals surface area (Å²) in [6, 6.07) is 17.6. The second-order valence-electron chi connectivity index (χ2n) is 6.79. The van der Waals surface area contributed by atoms with Crippen LogP contribution in [0, 0.1) is 5.92 Å². The highest BCUT2D eigenvalue weighted by molar-refractivity contribution is 5.86. The number of benzene rings is 2. The first-order valence-electron chi connectivity index (χ1n) is 9.30. The molecule has 1 aliphatic carbocycles. The standard InChI is InChI=1S/C22H26N2O2/c1-26-20-14-12-17(13-15-20)16-23-24-22(25)21(18-8-4-2-5-9-18)19-10-6-3-7-11-19/h2,4-5,8-9,12-16,19,21H,3,6-7,10-11H2,1H3,(H,24,25)/b23-16-/t21-/m0/s1. The molecule has 1 fully saturated rings. The number of nitrogens with one attached hydrogen (secondary N) is 1. The summed E-state index contributed by atoms with van der Waals surface area (Å²) < 4.78 is 5.15. The highest BCUT2D eigenvalue weighted by atomic mass is 16.5. The Hall–Kier alpha value is -2.62. The number of rotatable bonds is 6. The van der Waals surface area contributed by atoms with Crippen molar-refractivity contribution in [3.05, 3.63) is 65.7 Å². The van der Waals surface area contributed by atoms with E-state index in [-0.39, 0.29) is 11.8 Å². The summed E-state index contributed by atoms with van der Waals surface area (Å²) in [7, 11) is 1.64. The van der Waals surface area contributed by atoms with Gasteiger partial charge in [0.05, 0.1) is 19.2 Å². The SMILES string of the molecule is COc1ccc(/C=N\NC(=O)[C@@H](c2ccccc2)C2CCCCC2)cc1. The topological polar surface area (TPSA) is 50.7 Å². The monoisotopic (exact) mass is 350 g/mol. The van der Waals surface area contributed by atoms with E-state index in [0.29, 0.717) is 5.92 Å². The number of carbonyl (C=O) groups excluding carboxylic acids is 1. The molecule has 1 N–H and O–H groups in total. The van der Waals surface area contributed by atoms with E-state index in [9.17, 15) is 4.79 Å². The van der Waals surface area contributed by atoms with E-state index in [4.69, 9.17) is 4.74 Å². The predicted octanol–water partition coefficient (Wildman–Crippen LogP) is 4.51. The third kappa shape index (κ3) is 4.72. The first-order valence-corrected chi connectivity index (χ1v) is 9.30. The lowest BCUT2D eigenvalue weighted by molar-refractivity contribution is -0.124. The molecule has 1 atom stereocenters. The number of carbonyl (C=O) groups is 1. The van der Waals surface area contributed by atoms with Crippen LogP contribution < -0.4 is 10.2 Å². The molecular weight excluding hydrogens is 324 g/mol. The molecule has 0 unspecified atom stereocenters. The van der Waals surface area contributed by atoms with E-state index >= 15 is 0 Å². The molecule has 1 amide bonds. The van der Waals surface area contributed by atoms with Gasteiger partial charge in [-0.2, -0.15) is 5.10 Å². The highest BCUT2D eigenvalue weighted by Crippen LogP contribution is 2.36. The summed E-state index contributed by atoms with van der Waals surface area (Å²) in [5, 5.41) is 4.17. The van der Waals surface area contributed by atoms with Gasteiger partial charge in [0.1, 0.15) is 5.75 Å². The van der Waals surface area contributed by atoms with Crippen molar-refractivity contribution >= 4 is 12.1 Å². The van der Waals surface area contributed by atoms with Crippen LogP contribution in [-0.4, -0.2) is 19.2 Å². The van der Waals surface area contributed by atoms with Crippen molar-refractivity contribution in [1.29, 1.82) is 0 Å². The molecule has 0 aromatic heterocycles. The molecule has 1 saturated carbocycles. The average Bonchev–Trinajstić information content (AvgIpc) is 2.70. The Morgan fingerprint density at radius 1 is 1.08 bits per heavy atom. The van der Waals surface area contributed by atoms with Gasteiger partial charge in [0.15, 0.2) is 0 Å². The Morgan fingerprint density at radius 2 is 1.77 bits per heavy atom. The van der Waals surface area contributed by atoms with E-state index in [2.05, 4.69) is 10.5 Å². The third-order valence-corrected chi connectivity index (χ3v) is 5.07. The zero-order valence-electron chi connectivity index (χ0n) is 15.2. The minimum Gasteiger partial charge on any atom is -0.497 e. The minimum absolute atomic E-state index is 0.0205. The van der Waals surface area contributed by atoms with Gasteiger partial charge < -0.3 is 4.74 Å². The fourth-order valence-electron chi connectivity index (χ4n) is 3.70. The van der Waals surface area contributed by atoms with Gasteiger partial charge in [0.25, 0.3) is 0 Å². The molecule has 136 valence electrons. The van der Waals surface area contributed by atoms with Crippen molar-refractivity contribution in [2.24, 2.45) is 11.0 Å². The Balaban J connectivity index is 1.69. The first kappa shape index (κ1) is 18.2. The number of amides is 1. The van der Waals surface area contributed by atoms with Gasteiger partial charge in [-0.3, -0.25) is 4.79 Å². The van der Waals surface area contributed by atoms with Crippen LogP contribution in [0.1, 0.15) is 49.1 Å². The van der Waals surface area contributed by atoms with Gasteiger partial charge in [-0.05, 0) is 54.2 Å². The Kier molecular flexibility index (Phi) is 6.42. The van der Waals surface area contributed by atoms with Gasteiger partial charge in [-0.1, -0.05) is 49.6 Å². The molecule has 2 aromatic carbocycles. The molecule has 4 heteroatoms. The van der Waals surface area contributed by atoms with Crippen molar-refractivity contribution in [3.8, 4) is 5.75 Å². The van der Waals surface area contributed by atoms with Crippen molar-refractivity contribution in [2.75, 3.05) is 7.11 Å². The summed E-state index contributed by atoms with van der Waals surface area (Å²) in [6.07, 6.45) is 7.56. The van der Waals surface area contributed by atoms with Crippen LogP contribution in [0.5, 0.6) is 5.75 Å². The lowest BCUT2D eigenvalue weighted by Crippen LogP contribution is -2.31. The number of hydrazone groups is 1. The maximum Gasteiger partial charge on any atom is 0.247 e. The molecule has 26 heavy (non-hydrogen) atoms. The minimum atomic E-state index is -0.135. The summed E-state index contributed by atoms with van der Waals surface area (Å²) in [5.74, 6) is 1.03. The fourth-order valence-corrected chi connectivity index (χ4v) is 3.70. The van der Waals surface area contributed by atoms with Crippen LogP contribution in [0.15, 0.2) is 59.7 Å². The van der Waals surface area contributed by atoms with Crippen LogP contribution in [0.4, 0.5) is 0 Å². The van der Waals surface area contributed by atoms with Crippen molar-refractivity contribution in [3.63, 3.8) is 0 Å². The average molecular weight is 350 g/mol. The first-order chi connectivity index (χ1) is 12.8. The molecule has 0 bridgehead atoms. The number of hydrogen-bond acceptors (Lipinski definition) is 3. The molecular formula is C22H26N2O2. The Morgan fingerprint density at radius 3 is 2.42 bits per heavy atom. The molecule has 0 radical (unpaired) electrons. The Bertz CT molecular complexity index is 720. The van der Waals surface area contributed by atoms with E-state index in [1.54, 1.807) is 13.3 Å². The van der Waals surface area contributed by atoms with Crippen LogP contribution in [-0.2, 0) is 4.79 Å². The quantitative estimate of drug-likeness (QED) is 0.615. The zero-order valence-corrected chi connectivity index (χ0v) is 15.2. The molecule has 3 rings (SSSR count). The lowest BCUT2D eigenvalue weighted by atomic mass is 9.76. The normalized spacial score (nSPS) is 16.3. The van der Waals surface area contributed by atoms with Crippen LogP contribution in [0.25, 0.3) is 0 Å². The van der Waals surface area contributed by atoms with E-state index in [1.165, 1.54) is 19.3 Å². The maximum atomic E-state index is 12.9. The van der Waals surface area contributed by atoms with Gasteiger partial charge in [0, 0.05) is 0 Å². The summed E-state index contributed by atoms with van der Waals surface area (Å²) in [5.41, 5.74) is 4.75. The lowest BCUT2D eigenvalue weighted by Gasteiger charge is -2.29. The van der Waals surface area contributed by atoms with Gasteiger partial charge >= 0.3 is 0 Å². The van der Waals surface area contributed by atoms with Crippen LogP contribution in [0.3, 0.4) is 0 Å². The van der Waals surface area contributed by atoms with Crippen molar-refractivity contribution in [2.45, 2.75) is 38.0 Å². The second-order valence-corrected chi connectivity index (χ2v) is 6.79. The maximum absolute atomic E-state index is 12.9. The van der Waals surface area contributed by atoms with E-state index in [1.807, 2.05) is 54.6 Å². The molecule has 0 heterocycles. The number of methoxy groups -OCH3 is 1. The van der Waals surface area contributed by atoms with Crippen LogP contribution in [0.2, 0.25) is 0 Å². The number of nitrogens with zero attached hydrogens (tertiary/aromatic N) is 1. The molecule has 0 spiro atoms. The summed E-state index contributed by atoms with van der Waals surface area (Å²) in [4.78, 5) is 12.9. The molecule has 1 aliphatic rings. The van der Waals surface area contributed by atoms with Crippen molar-refractivity contribution in [1.82, 2.24) is 5.43 Å². The van der Waals surface area contributed by atoms with Crippen LogP contribution >= 0.6 is 0 Å². The van der Waals surface area contributed by atoms with Gasteiger partial charge in [-0.15, -0.1) is 0 Å². The van der Waals surface area contributed by atoms with E-state index in [0.717, 1.165) is 29.7 Å². The summed E-state index contributed by atoms with van der Waals surface area (Å²) >= 11 is 0. The number of ether oxygens (including phenoxy) is 1. The predicted molar refractivity (Wildman–Crippen MR) is 104 cm³/mol. The molecule has 4 nitrogen and oxygen atoms in total. The van der Waals surface area contributed by atoms with Crippen molar-refractivity contribution < 1.29 is 9.53 Å².